The minimum absolute atomic E-state index is 0.494. The van der Waals surface area contributed by atoms with Crippen LogP contribution in [0.2, 0.25) is 5.02 Å². The van der Waals surface area contributed by atoms with Crippen LogP contribution in [0.15, 0.2) is 77.2 Å². The summed E-state index contributed by atoms with van der Waals surface area (Å²) in [5.74, 6) is -0.516. The molecule has 0 spiro atoms. The Balaban J connectivity index is 1.62. The van der Waals surface area contributed by atoms with Gasteiger partial charge in [0, 0.05) is 18.1 Å². The number of hydrogen-bond donors (Lipinski definition) is 1. The third-order valence-electron chi connectivity index (χ3n) is 4.77. The van der Waals surface area contributed by atoms with E-state index < -0.39 is 12.1 Å². The number of para-hydroxylation sites is 2. The molecule has 0 saturated carbocycles. The zero-order chi connectivity index (χ0) is 21.8. The molecule has 7 heteroatoms. The van der Waals surface area contributed by atoms with Crippen LogP contribution in [0, 0.1) is 0 Å². The largest absolute Gasteiger partial charge is 0.479 e. The first-order valence-electron chi connectivity index (χ1n) is 9.81. The van der Waals surface area contributed by atoms with E-state index in [4.69, 9.17) is 25.9 Å². The van der Waals surface area contributed by atoms with Crippen molar-refractivity contribution >= 4 is 34.7 Å². The second-order valence-electron chi connectivity index (χ2n) is 7.19. The number of nitrogens with zero attached hydrogens (tertiary/aromatic N) is 2. The Bertz CT molecular complexity index is 1160. The van der Waals surface area contributed by atoms with Gasteiger partial charge in [-0.05, 0) is 54.4 Å². The van der Waals surface area contributed by atoms with Crippen molar-refractivity contribution in [1.82, 2.24) is 4.98 Å². The van der Waals surface area contributed by atoms with Gasteiger partial charge in [-0.2, -0.15) is 4.98 Å². The molecule has 0 bridgehead atoms. The molecule has 1 N–H and O–H groups in total. The summed E-state index contributed by atoms with van der Waals surface area (Å²) in [6, 6.07) is 23.1. The molecule has 31 heavy (non-hydrogen) atoms. The molecule has 4 rings (SSSR count). The van der Waals surface area contributed by atoms with Crippen LogP contribution in [0.1, 0.15) is 18.1 Å². The number of carbonyl (C=O) groups is 1. The molecule has 158 valence electrons. The van der Waals surface area contributed by atoms with E-state index in [0.29, 0.717) is 35.5 Å². The minimum Gasteiger partial charge on any atom is -0.479 e. The molecule has 4 aromatic rings. The lowest BCUT2D eigenvalue weighted by Crippen LogP contribution is -2.24. The molecule has 1 heterocycles. The molecule has 0 saturated heterocycles. The van der Waals surface area contributed by atoms with Crippen LogP contribution in [0.5, 0.6) is 5.75 Å². The molecule has 0 fully saturated rings. The maximum Gasteiger partial charge on any atom is 0.344 e. The quantitative estimate of drug-likeness (QED) is 0.391. The average molecular weight is 437 g/mol. The van der Waals surface area contributed by atoms with Crippen LogP contribution in [0.3, 0.4) is 0 Å². The standard InChI is InChI=1S/C24H21ClN2O4/c1-16(23(28)29)30-20-6-4-5-18(13-20)15-27(14-17-9-11-19(25)12-10-17)24-26-21-7-2-3-8-22(21)31-24/h2-13,16H,14-15H2,1H3,(H,28,29). The zero-order valence-corrected chi connectivity index (χ0v) is 17.6. The molecule has 0 amide bonds. The molecule has 1 aromatic heterocycles. The van der Waals surface area contributed by atoms with Crippen molar-refractivity contribution in [1.29, 1.82) is 0 Å². The Hall–Kier alpha value is -3.51. The van der Waals surface area contributed by atoms with E-state index in [2.05, 4.69) is 4.98 Å². The number of carboxylic acid groups (broad SMARTS) is 1. The summed E-state index contributed by atoms with van der Waals surface area (Å²) in [7, 11) is 0. The van der Waals surface area contributed by atoms with Crippen LogP contribution >= 0.6 is 11.6 Å². The highest BCUT2D eigenvalue weighted by Crippen LogP contribution is 2.26. The molecule has 1 unspecified atom stereocenters. The first-order chi connectivity index (χ1) is 15.0. The Labute approximate surface area is 184 Å². The Morgan fingerprint density at radius 1 is 1.06 bits per heavy atom. The highest BCUT2D eigenvalue weighted by molar-refractivity contribution is 6.30. The van der Waals surface area contributed by atoms with Crippen molar-refractivity contribution in [3.8, 4) is 5.75 Å². The predicted molar refractivity (Wildman–Crippen MR) is 120 cm³/mol. The molecule has 3 aromatic carbocycles. The summed E-state index contributed by atoms with van der Waals surface area (Å²) in [5.41, 5.74) is 3.49. The number of aliphatic carboxylic acids is 1. The van der Waals surface area contributed by atoms with E-state index >= 15 is 0 Å². The Morgan fingerprint density at radius 3 is 2.55 bits per heavy atom. The lowest BCUT2D eigenvalue weighted by molar-refractivity contribution is -0.144. The number of carboxylic acids is 1. The topological polar surface area (TPSA) is 75.8 Å². The minimum atomic E-state index is -1.01. The normalized spacial score (nSPS) is 11.9. The number of halogens is 1. The summed E-state index contributed by atoms with van der Waals surface area (Å²) in [5, 5.41) is 9.77. The Kier molecular flexibility index (Phi) is 6.09. The fourth-order valence-corrected chi connectivity index (χ4v) is 3.31. The molecule has 6 nitrogen and oxygen atoms in total. The summed E-state index contributed by atoms with van der Waals surface area (Å²) in [6.07, 6.45) is -0.933. The number of rotatable bonds is 8. The Morgan fingerprint density at radius 2 is 1.81 bits per heavy atom. The van der Waals surface area contributed by atoms with Crippen molar-refractivity contribution in [2.75, 3.05) is 4.90 Å². The molecule has 1 atom stereocenters. The second-order valence-corrected chi connectivity index (χ2v) is 7.63. The van der Waals surface area contributed by atoms with Crippen LogP contribution in [-0.4, -0.2) is 22.2 Å². The molecule has 0 aliphatic carbocycles. The lowest BCUT2D eigenvalue weighted by Gasteiger charge is -2.21. The fraction of sp³-hybridized carbons (Fsp3) is 0.167. The fourth-order valence-electron chi connectivity index (χ4n) is 3.19. The van der Waals surface area contributed by atoms with Crippen LogP contribution in [-0.2, 0) is 17.9 Å². The van der Waals surface area contributed by atoms with Gasteiger partial charge in [-0.1, -0.05) is 48.0 Å². The van der Waals surface area contributed by atoms with E-state index in [1.54, 1.807) is 6.07 Å². The number of ether oxygens (including phenoxy) is 1. The molecular formula is C24H21ClN2O4. The summed E-state index contributed by atoms with van der Waals surface area (Å²) in [6.45, 7) is 2.55. The van der Waals surface area contributed by atoms with Crippen molar-refractivity contribution in [2.24, 2.45) is 0 Å². The van der Waals surface area contributed by atoms with Crippen LogP contribution < -0.4 is 9.64 Å². The van der Waals surface area contributed by atoms with Crippen molar-refractivity contribution in [3.63, 3.8) is 0 Å². The maximum atomic E-state index is 11.1. The van der Waals surface area contributed by atoms with Crippen molar-refractivity contribution in [2.45, 2.75) is 26.1 Å². The summed E-state index contributed by atoms with van der Waals surface area (Å²) in [4.78, 5) is 17.8. The van der Waals surface area contributed by atoms with Gasteiger partial charge in [0.05, 0.1) is 0 Å². The highest BCUT2D eigenvalue weighted by atomic mass is 35.5. The van der Waals surface area contributed by atoms with E-state index in [9.17, 15) is 4.79 Å². The SMILES string of the molecule is CC(Oc1cccc(CN(Cc2ccc(Cl)cc2)c2nc3ccccc3o2)c1)C(=O)O. The van der Waals surface area contributed by atoms with Gasteiger partial charge in [-0.25, -0.2) is 4.79 Å². The molecule has 0 radical (unpaired) electrons. The van der Waals surface area contributed by atoms with Gasteiger partial charge in [0.2, 0.25) is 0 Å². The molecule has 0 aliphatic heterocycles. The lowest BCUT2D eigenvalue weighted by atomic mass is 10.1. The molecule has 0 aliphatic rings. The zero-order valence-electron chi connectivity index (χ0n) is 16.9. The number of oxazole rings is 1. The first-order valence-corrected chi connectivity index (χ1v) is 10.2. The van der Waals surface area contributed by atoms with E-state index in [1.165, 1.54) is 6.92 Å². The summed E-state index contributed by atoms with van der Waals surface area (Å²) < 4.78 is 11.5. The van der Waals surface area contributed by atoms with E-state index in [-0.39, 0.29) is 0 Å². The van der Waals surface area contributed by atoms with Gasteiger partial charge in [-0.3, -0.25) is 0 Å². The number of hydrogen-bond acceptors (Lipinski definition) is 5. The summed E-state index contributed by atoms with van der Waals surface area (Å²) >= 11 is 6.03. The van der Waals surface area contributed by atoms with Gasteiger partial charge in [0.25, 0.3) is 6.01 Å². The van der Waals surface area contributed by atoms with Crippen molar-refractivity contribution in [3.05, 3.63) is 88.9 Å². The number of aromatic nitrogens is 1. The number of anilines is 1. The highest BCUT2D eigenvalue weighted by Gasteiger charge is 2.17. The first kappa shape index (κ1) is 20.8. The predicted octanol–water partition coefficient (Wildman–Crippen LogP) is 5.54. The maximum absolute atomic E-state index is 11.1. The van der Waals surface area contributed by atoms with Gasteiger partial charge < -0.3 is 19.2 Å². The van der Waals surface area contributed by atoms with Gasteiger partial charge in [0.1, 0.15) is 11.3 Å². The average Bonchev–Trinajstić information content (AvgIpc) is 3.19. The smallest absolute Gasteiger partial charge is 0.344 e. The number of fused-ring (bicyclic) bond motifs is 1. The third-order valence-corrected chi connectivity index (χ3v) is 5.02. The number of benzene rings is 3. The second kappa shape index (κ2) is 9.10. The van der Waals surface area contributed by atoms with Crippen LogP contribution in [0.25, 0.3) is 11.1 Å². The third kappa shape index (κ3) is 5.16. The van der Waals surface area contributed by atoms with Gasteiger partial charge >= 0.3 is 5.97 Å². The van der Waals surface area contributed by atoms with Crippen LogP contribution in [0.4, 0.5) is 6.01 Å². The van der Waals surface area contributed by atoms with E-state index in [1.807, 2.05) is 71.6 Å². The molecular weight excluding hydrogens is 416 g/mol. The monoisotopic (exact) mass is 436 g/mol. The van der Waals surface area contributed by atoms with Crippen molar-refractivity contribution < 1.29 is 19.1 Å². The van der Waals surface area contributed by atoms with Gasteiger partial charge in [0.15, 0.2) is 11.7 Å². The van der Waals surface area contributed by atoms with E-state index in [0.717, 1.165) is 16.6 Å². The van der Waals surface area contributed by atoms with Gasteiger partial charge in [-0.15, -0.1) is 0 Å².